The Labute approximate surface area is 114 Å². The number of piperidine rings is 1. The van der Waals surface area contributed by atoms with Crippen LogP contribution in [0.4, 0.5) is 0 Å². The maximum absolute atomic E-state index is 12.2. The van der Waals surface area contributed by atoms with Gasteiger partial charge in [0, 0.05) is 19.2 Å². The number of carbonyl (C=O) groups is 1. The minimum atomic E-state index is 0.0232. The van der Waals surface area contributed by atoms with E-state index < -0.39 is 0 Å². The van der Waals surface area contributed by atoms with Crippen LogP contribution in [0.2, 0.25) is 0 Å². The Kier molecular flexibility index (Phi) is 4.53. The first kappa shape index (κ1) is 13.6. The van der Waals surface area contributed by atoms with Gasteiger partial charge < -0.3 is 10.2 Å². The molecule has 1 aliphatic heterocycles. The Balaban J connectivity index is 1.95. The lowest BCUT2D eigenvalue weighted by atomic mass is 9.99. The summed E-state index contributed by atoms with van der Waals surface area (Å²) >= 11 is 0. The summed E-state index contributed by atoms with van der Waals surface area (Å²) in [5.74, 6) is 0.566. The number of carbonyl (C=O) groups excluding carboxylic acids is 1. The van der Waals surface area contributed by atoms with Crippen molar-refractivity contribution in [3.8, 4) is 6.07 Å². The highest BCUT2D eigenvalue weighted by atomic mass is 16.2. The predicted molar refractivity (Wildman–Crippen MR) is 73.7 cm³/mol. The maximum atomic E-state index is 12.2. The lowest BCUT2D eigenvalue weighted by Gasteiger charge is -2.27. The molecule has 4 heteroatoms. The van der Waals surface area contributed by atoms with E-state index >= 15 is 0 Å². The van der Waals surface area contributed by atoms with Crippen LogP contribution in [0.5, 0.6) is 0 Å². The van der Waals surface area contributed by atoms with Crippen LogP contribution in [0.15, 0.2) is 24.3 Å². The zero-order valence-electron chi connectivity index (χ0n) is 11.2. The molecule has 1 N–H and O–H groups in total. The van der Waals surface area contributed by atoms with Gasteiger partial charge >= 0.3 is 0 Å². The van der Waals surface area contributed by atoms with Crippen molar-refractivity contribution in [3.63, 3.8) is 0 Å². The highest BCUT2D eigenvalue weighted by molar-refractivity contribution is 5.94. The van der Waals surface area contributed by atoms with Crippen molar-refractivity contribution >= 4 is 5.91 Å². The van der Waals surface area contributed by atoms with Crippen molar-refractivity contribution in [1.29, 1.82) is 5.26 Å². The van der Waals surface area contributed by atoms with Crippen molar-refractivity contribution < 1.29 is 4.79 Å². The van der Waals surface area contributed by atoms with Gasteiger partial charge in [-0.05, 0) is 56.1 Å². The summed E-state index contributed by atoms with van der Waals surface area (Å²) in [6.07, 6.45) is 2.36. The maximum Gasteiger partial charge on any atom is 0.253 e. The number of amides is 1. The van der Waals surface area contributed by atoms with Gasteiger partial charge in [0.1, 0.15) is 0 Å². The molecule has 0 bridgehead atoms. The molecule has 1 heterocycles. The Morgan fingerprint density at radius 3 is 2.79 bits per heavy atom. The molecule has 0 aliphatic carbocycles. The molecule has 100 valence electrons. The molecule has 0 saturated carbocycles. The number of rotatable bonds is 3. The first-order valence-electron chi connectivity index (χ1n) is 6.67. The lowest BCUT2D eigenvalue weighted by molar-refractivity contribution is 0.0765. The van der Waals surface area contributed by atoms with Gasteiger partial charge in [0.05, 0.1) is 11.6 Å². The molecule has 1 unspecified atom stereocenters. The monoisotopic (exact) mass is 257 g/mol. The molecule has 19 heavy (non-hydrogen) atoms. The second-order valence-electron chi connectivity index (χ2n) is 5.09. The largest absolute Gasteiger partial charge is 0.341 e. The molecule has 1 aromatic rings. The van der Waals surface area contributed by atoms with Gasteiger partial charge in [0.25, 0.3) is 5.91 Å². The molecule has 0 aromatic heterocycles. The Morgan fingerprint density at radius 2 is 2.21 bits per heavy atom. The third-order valence-corrected chi connectivity index (χ3v) is 3.54. The van der Waals surface area contributed by atoms with Crippen molar-refractivity contribution in [2.24, 2.45) is 5.92 Å². The van der Waals surface area contributed by atoms with Crippen LogP contribution in [-0.4, -0.2) is 37.5 Å². The molecule has 2 rings (SSSR count). The first-order valence-corrected chi connectivity index (χ1v) is 6.67. The third-order valence-electron chi connectivity index (χ3n) is 3.54. The summed E-state index contributed by atoms with van der Waals surface area (Å²) in [5, 5.41) is 12.1. The lowest BCUT2D eigenvalue weighted by Crippen LogP contribution is -2.39. The zero-order valence-corrected chi connectivity index (χ0v) is 11.2. The Hall–Kier alpha value is -1.86. The molecule has 1 amide bonds. The Morgan fingerprint density at radius 1 is 1.47 bits per heavy atom. The fourth-order valence-corrected chi connectivity index (χ4v) is 2.46. The average molecular weight is 257 g/mol. The van der Waals surface area contributed by atoms with Gasteiger partial charge in [-0.25, -0.2) is 0 Å². The van der Waals surface area contributed by atoms with E-state index in [1.54, 1.807) is 29.2 Å². The average Bonchev–Trinajstić information content (AvgIpc) is 2.47. The Bertz CT molecular complexity index is 469. The van der Waals surface area contributed by atoms with E-state index in [-0.39, 0.29) is 5.91 Å². The van der Waals surface area contributed by atoms with Gasteiger partial charge in [-0.2, -0.15) is 5.26 Å². The number of nitrogens with one attached hydrogen (secondary N) is 1. The van der Waals surface area contributed by atoms with E-state index in [9.17, 15) is 4.79 Å². The molecule has 1 fully saturated rings. The van der Waals surface area contributed by atoms with Crippen molar-refractivity contribution in [1.82, 2.24) is 10.2 Å². The van der Waals surface area contributed by atoms with Crippen LogP contribution in [0.25, 0.3) is 0 Å². The van der Waals surface area contributed by atoms with Crippen LogP contribution in [0.3, 0.4) is 0 Å². The number of nitrogens with zero attached hydrogens (tertiary/aromatic N) is 2. The van der Waals surface area contributed by atoms with E-state index in [1.165, 1.54) is 12.8 Å². The molecule has 1 saturated heterocycles. The smallest absolute Gasteiger partial charge is 0.253 e. The summed E-state index contributed by atoms with van der Waals surface area (Å²) in [6.45, 7) is 2.86. The minimum Gasteiger partial charge on any atom is -0.341 e. The SMILES string of the molecule is CN(CC1CCCNC1)C(=O)c1ccc(C#N)cc1. The summed E-state index contributed by atoms with van der Waals surface area (Å²) in [7, 11) is 1.84. The van der Waals surface area contributed by atoms with Crippen LogP contribution in [0, 0.1) is 17.2 Å². The van der Waals surface area contributed by atoms with E-state index in [2.05, 4.69) is 11.4 Å². The fourth-order valence-electron chi connectivity index (χ4n) is 2.46. The molecule has 4 nitrogen and oxygen atoms in total. The summed E-state index contributed by atoms with van der Waals surface area (Å²) in [4.78, 5) is 14.0. The predicted octanol–water partition coefficient (Wildman–Crippen LogP) is 1.63. The van der Waals surface area contributed by atoms with Gasteiger partial charge in [0.15, 0.2) is 0 Å². The molecule has 1 aromatic carbocycles. The third kappa shape index (κ3) is 3.55. The highest BCUT2D eigenvalue weighted by Crippen LogP contribution is 2.13. The summed E-state index contributed by atoms with van der Waals surface area (Å²) < 4.78 is 0. The van der Waals surface area contributed by atoms with E-state index in [0.29, 0.717) is 17.0 Å². The molecule has 0 radical (unpaired) electrons. The van der Waals surface area contributed by atoms with Crippen molar-refractivity contribution in [2.75, 3.05) is 26.7 Å². The van der Waals surface area contributed by atoms with Crippen LogP contribution in [-0.2, 0) is 0 Å². The zero-order chi connectivity index (χ0) is 13.7. The summed E-state index contributed by atoms with van der Waals surface area (Å²) in [5.41, 5.74) is 1.22. The molecule has 0 spiro atoms. The van der Waals surface area contributed by atoms with E-state index in [1.807, 2.05) is 7.05 Å². The first-order chi connectivity index (χ1) is 9.20. The van der Waals surface area contributed by atoms with Gasteiger partial charge in [0.2, 0.25) is 0 Å². The van der Waals surface area contributed by atoms with Gasteiger partial charge in [-0.1, -0.05) is 0 Å². The number of nitriles is 1. The highest BCUT2D eigenvalue weighted by Gasteiger charge is 2.18. The van der Waals surface area contributed by atoms with Crippen LogP contribution in [0.1, 0.15) is 28.8 Å². The molecule has 1 atom stereocenters. The van der Waals surface area contributed by atoms with Gasteiger partial charge in [-0.15, -0.1) is 0 Å². The second kappa shape index (κ2) is 6.35. The number of hydrogen-bond donors (Lipinski definition) is 1. The van der Waals surface area contributed by atoms with E-state index in [4.69, 9.17) is 5.26 Å². The fraction of sp³-hybridized carbons (Fsp3) is 0.467. The van der Waals surface area contributed by atoms with Crippen molar-refractivity contribution in [3.05, 3.63) is 35.4 Å². The number of hydrogen-bond acceptors (Lipinski definition) is 3. The topological polar surface area (TPSA) is 56.1 Å². The van der Waals surface area contributed by atoms with Gasteiger partial charge in [-0.3, -0.25) is 4.79 Å². The second-order valence-corrected chi connectivity index (χ2v) is 5.09. The minimum absolute atomic E-state index is 0.0232. The molecular formula is C15H19N3O. The summed E-state index contributed by atoms with van der Waals surface area (Å²) in [6, 6.07) is 8.86. The standard InChI is InChI=1S/C15H19N3O/c1-18(11-13-3-2-8-17-10-13)15(19)14-6-4-12(9-16)5-7-14/h4-7,13,17H,2-3,8,10-11H2,1H3. The molecular weight excluding hydrogens is 238 g/mol. The van der Waals surface area contributed by atoms with Crippen molar-refractivity contribution in [2.45, 2.75) is 12.8 Å². The quantitative estimate of drug-likeness (QED) is 0.895. The van der Waals surface area contributed by atoms with E-state index in [0.717, 1.165) is 19.6 Å². The van der Waals surface area contributed by atoms with Crippen LogP contribution < -0.4 is 5.32 Å². The number of benzene rings is 1. The molecule has 1 aliphatic rings. The van der Waals surface area contributed by atoms with Crippen LogP contribution >= 0.6 is 0 Å². The normalized spacial score (nSPS) is 18.6.